The molecule has 0 aliphatic carbocycles. The van der Waals surface area contributed by atoms with Gasteiger partial charge < -0.3 is 18.8 Å². The topological polar surface area (TPSA) is 113 Å². The number of nitrogens with zero attached hydrogens (tertiary/aromatic N) is 2. The van der Waals surface area contributed by atoms with Crippen LogP contribution in [0.15, 0.2) is 91.4 Å². The number of aromatic nitrogens is 2. The van der Waals surface area contributed by atoms with Crippen molar-refractivity contribution in [1.29, 1.82) is 0 Å². The summed E-state index contributed by atoms with van der Waals surface area (Å²) in [6.07, 6.45) is 4.92. The van der Waals surface area contributed by atoms with Crippen LogP contribution in [0.4, 0.5) is 5.69 Å². The van der Waals surface area contributed by atoms with E-state index in [0.717, 1.165) is 11.1 Å². The Bertz CT molecular complexity index is 1300. The molecule has 2 heterocycles. The van der Waals surface area contributed by atoms with Crippen molar-refractivity contribution in [2.45, 2.75) is 6.04 Å². The Labute approximate surface area is 216 Å². The van der Waals surface area contributed by atoms with E-state index in [1.54, 1.807) is 83.9 Å². The van der Waals surface area contributed by atoms with Gasteiger partial charge in [0, 0.05) is 29.6 Å². The van der Waals surface area contributed by atoms with Crippen molar-refractivity contribution in [3.8, 4) is 17.0 Å². The van der Waals surface area contributed by atoms with Crippen LogP contribution in [0.2, 0.25) is 0 Å². The summed E-state index contributed by atoms with van der Waals surface area (Å²) in [6, 6.07) is 20.3. The normalized spacial score (nSPS) is 11.4. The first-order valence-corrected chi connectivity index (χ1v) is 11.5. The van der Waals surface area contributed by atoms with Gasteiger partial charge >= 0.3 is 0 Å². The zero-order chi connectivity index (χ0) is 24.6. The molecule has 0 radical (unpaired) electrons. The van der Waals surface area contributed by atoms with Crippen LogP contribution in [0.25, 0.3) is 11.1 Å². The van der Waals surface area contributed by atoms with E-state index in [9.17, 15) is 14.7 Å². The summed E-state index contributed by atoms with van der Waals surface area (Å²) in [7, 11) is 0. The fraction of sp³-hybridized carbons (Fsp3) is 0.0769. The number of carbonyl (C=O) groups excluding carboxylic acids is 2. The van der Waals surface area contributed by atoms with E-state index >= 15 is 0 Å². The molecule has 4 rings (SSSR count). The molecule has 3 N–H and O–H groups in total. The molecular weight excluding hydrogens is 559 g/mol. The fourth-order valence-electron chi connectivity index (χ4n) is 3.43. The number of benzene rings is 2. The lowest BCUT2D eigenvalue weighted by Crippen LogP contribution is -2.31. The zero-order valence-corrected chi connectivity index (χ0v) is 20.5. The van der Waals surface area contributed by atoms with E-state index in [0.29, 0.717) is 28.3 Å². The number of anilines is 1. The predicted molar refractivity (Wildman–Crippen MR) is 140 cm³/mol. The van der Waals surface area contributed by atoms with E-state index in [-0.39, 0.29) is 18.4 Å². The lowest BCUT2D eigenvalue weighted by Gasteiger charge is -2.18. The van der Waals surface area contributed by atoms with Gasteiger partial charge in [-0.1, -0.05) is 24.3 Å². The molecule has 35 heavy (non-hydrogen) atoms. The minimum atomic E-state index is -0.683. The van der Waals surface area contributed by atoms with Crippen molar-refractivity contribution >= 4 is 40.5 Å². The summed E-state index contributed by atoms with van der Waals surface area (Å²) in [5.41, 5.74) is 3.93. The maximum atomic E-state index is 12.8. The number of carbonyl (C=O) groups is 2. The molecule has 8 nitrogen and oxygen atoms in total. The second-order valence-corrected chi connectivity index (χ2v) is 8.00. The number of hydrogen-bond acceptors (Lipinski definition) is 6. The Balaban J connectivity index is 1.44. The molecule has 176 valence electrons. The molecule has 0 aliphatic heterocycles. The van der Waals surface area contributed by atoms with Crippen molar-refractivity contribution in [1.82, 2.24) is 15.3 Å². The van der Waals surface area contributed by atoms with Gasteiger partial charge in [0.1, 0.15) is 0 Å². The Morgan fingerprint density at radius 2 is 1.66 bits per heavy atom. The molecule has 0 spiro atoms. The maximum absolute atomic E-state index is 12.8. The standard InChI is InChI=1S/C26H21IN4O4/c27-35-24-9-8-22(15-29-24)30-26(34)21-3-1-2-20(14-21)23(16-32)31-25(33)19-6-4-17(5-7-19)18-10-12-28-13-11-18/h1-15,23,32H,16H2,(H,30,34)(H,31,33)/t23-/m1/s1. The Kier molecular flexibility index (Phi) is 8.01. The molecule has 0 fully saturated rings. The number of pyridine rings is 2. The molecule has 0 saturated carbocycles. The van der Waals surface area contributed by atoms with Gasteiger partial charge in [-0.3, -0.25) is 14.6 Å². The Hall–Kier alpha value is -3.83. The van der Waals surface area contributed by atoms with E-state index in [4.69, 9.17) is 3.07 Å². The fourth-order valence-corrected chi connectivity index (χ4v) is 3.69. The SMILES string of the molecule is O=C(Nc1ccc(OI)nc1)c1cccc([C@@H](CO)NC(=O)c2ccc(-c3ccncc3)cc2)c1. The molecule has 9 heteroatoms. The lowest BCUT2D eigenvalue weighted by molar-refractivity contribution is 0.0916. The summed E-state index contributed by atoms with van der Waals surface area (Å²) in [5, 5.41) is 15.5. The highest BCUT2D eigenvalue weighted by Gasteiger charge is 2.17. The van der Waals surface area contributed by atoms with Gasteiger partial charge in [0.15, 0.2) is 23.0 Å². The third-order valence-corrected chi connectivity index (χ3v) is 5.72. The van der Waals surface area contributed by atoms with Gasteiger partial charge in [0.25, 0.3) is 11.8 Å². The van der Waals surface area contributed by atoms with Crippen molar-refractivity contribution in [3.63, 3.8) is 0 Å². The molecule has 2 amide bonds. The van der Waals surface area contributed by atoms with Crippen LogP contribution in [0.1, 0.15) is 32.3 Å². The lowest BCUT2D eigenvalue weighted by atomic mass is 10.0. The van der Waals surface area contributed by atoms with Crippen molar-refractivity contribution < 1.29 is 17.8 Å². The largest absolute Gasteiger partial charge is 0.408 e. The van der Waals surface area contributed by atoms with Gasteiger partial charge in [-0.05, 0) is 59.2 Å². The van der Waals surface area contributed by atoms with E-state index in [1.807, 2.05) is 24.3 Å². The quantitative estimate of drug-likeness (QED) is 0.263. The summed E-state index contributed by atoms with van der Waals surface area (Å²) in [6.45, 7) is -0.326. The van der Waals surface area contributed by atoms with Crippen molar-refractivity contribution in [2.75, 3.05) is 11.9 Å². The van der Waals surface area contributed by atoms with Crippen LogP contribution in [0, 0.1) is 0 Å². The number of aliphatic hydroxyl groups is 1. The van der Waals surface area contributed by atoms with E-state index in [1.165, 1.54) is 6.20 Å². The van der Waals surface area contributed by atoms with Crippen LogP contribution in [0.3, 0.4) is 0 Å². The third kappa shape index (κ3) is 6.19. The number of aliphatic hydroxyl groups excluding tert-OH is 1. The highest BCUT2D eigenvalue weighted by molar-refractivity contribution is 14.1. The molecule has 4 aromatic rings. The van der Waals surface area contributed by atoms with Gasteiger partial charge in [-0.2, -0.15) is 0 Å². The number of rotatable bonds is 8. The average molecular weight is 580 g/mol. The highest BCUT2D eigenvalue weighted by atomic mass is 127. The molecule has 2 aromatic carbocycles. The minimum absolute atomic E-state index is 0.326. The molecule has 2 aromatic heterocycles. The highest BCUT2D eigenvalue weighted by Crippen LogP contribution is 2.21. The third-order valence-electron chi connectivity index (χ3n) is 5.27. The first-order valence-electron chi connectivity index (χ1n) is 10.7. The predicted octanol–water partition coefficient (Wildman–Crippen LogP) is 4.59. The van der Waals surface area contributed by atoms with E-state index in [2.05, 4.69) is 20.6 Å². The summed E-state index contributed by atoms with van der Waals surface area (Å²) in [4.78, 5) is 33.6. The summed E-state index contributed by atoms with van der Waals surface area (Å²) < 4.78 is 4.99. The first-order chi connectivity index (χ1) is 17.1. The van der Waals surface area contributed by atoms with Crippen LogP contribution >= 0.6 is 23.0 Å². The zero-order valence-electron chi connectivity index (χ0n) is 18.4. The minimum Gasteiger partial charge on any atom is -0.408 e. The molecular formula is C26H21IN4O4. The molecule has 0 aliphatic rings. The van der Waals surface area contributed by atoms with Gasteiger partial charge in [-0.15, -0.1) is 0 Å². The Morgan fingerprint density at radius 3 is 2.31 bits per heavy atom. The monoisotopic (exact) mass is 580 g/mol. The maximum Gasteiger partial charge on any atom is 0.255 e. The average Bonchev–Trinajstić information content (AvgIpc) is 2.92. The molecule has 0 unspecified atom stereocenters. The Morgan fingerprint density at radius 1 is 0.914 bits per heavy atom. The van der Waals surface area contributed by atoms with Crippen LogP contribution in [-0.4, -0.2) is 33.5 Å². The number of nitrogens with one attached hydrogen (secondary N) is 2. The van der Waals surface area contributed by atoms with Crippen LogP contribution in [0.5, 0.6) is 5.88 Å². The second-order valence-electron chi connectivity index (χ2n) is 7.56. The molecule has 0 bridgehead atoms. The summed E-state index contributed by atoms with van der Waals surface area (Å²) in [5.74, 6) is -0.241. The van der Waals surface area contributed by atoms with Gasteiger partial charge in [-0.25, -0.2) is 4.98 Å². The number of hydrogen-bond donors (Lipinski definition) is 3. The van der Waals surface area contributed by atoms with Crippen LogP contribution in [-0.2, 0) is 0 Å². The molecule has 0 saturated heterocycles. The smallest absolute Gasteiger partial charge is 0.255 e. The summed E-state index contributed by atoms with van der Waals surface area (Å²) >= 11 is 1.73. The van der Waals surface area contributed by atoms with Gasteiger partial charge in [0.05, 0.1) is 24.5 Å². The second kappa shape index (κ2) is 11.5. The molecule has 1 atom stereocenters. The van der Waals surface area contributed by atoms with Crippen molar-refractivity contribution in [3.05, 3.63) is 108 Å². The van der Waals surface area contributed by atoms with E-state index < -0.39 is 6.04 Å². The number of halogens is 1. The first kappa shape index (κ1) is 24.3. The van der Waals surface area contributed by atoms with Crippen LogP contribution < -0.4 is 13.7 Å². The van der Waals surface area contributed by atoms with Gasteiger partial charge in [0.2, 0.25) is 5.88 Å². The number of amides is 2. The van der Waals surface area contributed by atoms with Crippen molar-refractivity contribution in [2.24, 2.45) is 0 Å².